The summed E-state index contributed by atoms with van der Waals surface area (Å²) in [7, 11) is -4.29. The van der Waals surface area contributed by atoms with Crippen molar-refractivity contribution in [2.75, 3.05) is 6.54 Å². The molecule has 3 aromatic carbocycles. The van der Waals surface area contributed by atoms with E-state index >= 15 is 0 Å². The number of nitrogens with zero attached hydrogens (tertiary/aromatic N) is 1. The number of furan rings is 1. The van der Waals surface area contributed by atoms with Crippen molar-refractivity contribution in [3.63, 3.8) is 0 Å². The number of carbonyl (C=O) groups is 1. The quantitative estimate of drug-likeness (QED) is 0.410. The third kappa shape index (κ3) is 5.13. The minimum atomic E-state index is -4.29. The Bertz CT molecular complexity index is 1370. The third-order valence-corrected chi connectivity index (χ3v) is 7.16. The van der Waals surface area contributed by atoms with E-state index in [1.807, 2.05) is 49.4 Å². The molecule has 33 heavy (non-hydrogen) atoms. The van der Waals surface area contributed by atoms with E-state index in [0.717, 1.165) is 26.7 Å². The van der Waals surface area contributed by atoms with Crippen molar-refractivity contribution in [2.24, 2.45) is 0 Å². The van der Waals surface area contributed by atoms with Crippen molar-refractivity contribution in [1.82, 2.24) is 9.62 Å². The van der Waals surface area contributed by atoms with Crippen molar-refractivity contribution in [3.8, 4) is 0 Å². The molecule has 0 spiro atoms. The first-order valence-corrected chi connectivity index (χ1v) is 11.8. The second-order valence-corrected chi connectivity index (χ2v) is 9.59. The third-order valence-electron chi connectivity index (χ3n) is 5.34. The maximum Gasteiger partial charge on any atom is 0.246 e. The normalized spacial score (nSPS) is 12.7. The predicted molar refractivity (Wildman–Crippen MR) is 123 cm³/mol. The van der Waals surface area contributed by atoms with E-state index < -0.39 is 33.2 Å². The second kappa shape index (κ2) is 9.56. The van der Waals surface area contributed by atoms with E-state index in [2.05, 4.69) is 5.32 Å². The van der Waals surface area contributed by atoms with Gasteiger partial charge in [0.2, 0.25) is 15.9 Å². The SMILES string of the molecule is C[C@H](NC(=O)CN(Cc1ccco1)S(=O)(=O)c1ccccc1F)c1ccc2ccccc2c1. The largest absolute Gasteiger partial charge is 0.468 e. The van der Waals surface area contributed by atoms with Gasteiger partial charge in [0.1, 0.15) is 16.5 Å². The van der Waals surface area contributed by atoms with Crippen LogP contribution in [0.1, 0.15) is 24.3 Å². The Balaban J connectivity index is 1.55. The predicted octanol–water partition coefficient (Wildman–Crippen LogP) is 4.64. The average Bonchev–Trinajstić information content (AvgIpc) is 3.31. The summed E-state index contributed by atoms with van der Waals surface area (Å²) in [6.07, 6.45) is 1.41. The van der Waals surface area contributed by atoms with Crippen molar-refractivity contribution in [1.29, 1.82) is 0 Å². The number of hydrogen-bond acceptors (Lipinski definition) is 4. The lowest BCUT2D eigenvalue weighted by Crippen LogP contribution is -2.41. The summed E-state index contributed by atoms with van der Waals surface area (Å²) in [6, 6.07) is 21.7. The Morgan fingerprint density at radius 3 is 2.45 bits per heavy atom. The van der Waals surface area contributed by atoms with Gasteiger partial charge in [-0.1, -0.05) is 48.5 Å². The van der Waals surface area contributed by atoms with Crippen LogP contribution in [-0.2, 0) is 21.4 Å². The van der Waals surface area contributed by atoms with Crippen LogP contribution < -0.4 is 5.32 Å². The fourth-order valence-corrected chi connectivity index (χ4v) is 5.03. The van der Waals surface area contributed by atoms with Gasteiger partial charge < -0.3 is 9.73 Å². The van der Waals surface area contributed by atoms with E-state index in [-0.39, 0.29) is 12.6 Å². The molecule has 1 atom stereocenters. The number of fused-ring (bicyclic) bond motifs is 1. The Labute approximate surface area is 191 Å². The summed E-state index contributed by atoms with van der Waals surface area (Å²) in [6.45, 7) is 1.13. The molecular formula is C25H23FN2O4S. The van der Waals surface area contributed by atoms with Crippen LogP contribution >= 0.6 is 0 Å². The highest BCUT2D eigenvalue weighted by molar-refractivity contribution is 7.89. The molecule has 4 aromatic rings. The molecule has 0 saturated heterocycles. The van der Waals surface area contributed by atoms with Crippen LogP contribution in [0.4, 0.5) is 4.39 Å². The molecule has 1 amide bonds. The number of carbonyl (C=O) groups excluding carboxylic acids is 1. The van der Waals surface area contributed by atoms with Gasteiger partial charge in [-0.05, 0) is 53.6 Å². The molecule has 6 nitrogen and oxygen atoms in total. The van der Waals surface area contributed by atoms with Crippen molar-refractivity contribution in [2.45, 2.75) is 24.4 Å². The minimum Gasteiger partial charge on any atom is -0.468 e. The molecule has 8 heteroatoms. The summed E-state index contributed by atoms with van der Waals surface area (Å²) in [5, 5.41) is 4.96. The first-order chi connectivity index (χ1) is 15.8. The molecule has 0 fully saturated rings. The molecule has 1 N–H and O–H groups in total. The number of halogens is 1. The summed E-state index contributed by atoms with van der Waals surface area (Å²) in [5.41, 5.74) is 0.886. The van der Waals surface area contributed by atoms with Crippen molar-refractivity contribution >= 4 is 26.7 Å². The molecule has 4 rings (SSSR count). The van der Waals surface area contributed by atoms with Crippen LogP contribution in [0.5, 0.6) is 0 Å². The summed E-state index contributed by atoms with van der Waals surface area (Å²) < 4.78 is 46.8. The molecule has 0 radical (unpaired) electrons. The van der Waals surface area contributed by atoms with Crippen LogP contribution in [-0.4, -0.2) is 25.2 Å². The Hall–Kier alpha value is -3.49. The highest BCUT2D eigenvalue weighted by Crippen LogP contribution is 2.23. The van der Waals surface area contributed by atoms with E-state index in [4.69, 9.17) is 4.42 Å². The van der Waals surface area contributed by atoms with E-state index in [1.165, 1.54) is 24.5 Å². The van der Waals surface area contributed by atoms with Gasteiger partial charge in [-0.15, -0.1) is 0 Å². The fraction of sp³-hybridized carbons (Fsp3) is 0.160. The van der Waals surface area contributed by atoms with Gasteiger partial charge in [0.15, 0.2) is 0 Å². The molecule has 0 aliphatic rings. The zero-order valence-electron chi connectivity index (χ0n) is 17.9. The lowest BCUT2D eigenvalue weighted by Gasteiger charge is -2.22. The maximum atomic E-state index is 14.3. The zero-order chi connectivity index (χ0) is 23.4. The van der Waals surface area contributed by atoms with E-state index in [0.29, 0.717) is 5.76 Å². The van der Waals surface area contributed by atoms with Crippen LogP contribution in [0.15, 0.2) is 94.4 Å². The lowest BCUT2D eigenvalue weighted by atomic mass is 10.0. The number of amides is 1. The zero-order valence-corrected chi connectivity index (χ0v) is 18.8. The maximum absolute atomic E-state index is 14.3. The monoisotopic (exact) mass is 466 g/mol. The van der Waals surface area contributed by atoms with Gasteiger partial charge in [0.05, 0.1) is 25.4 Å². The van der Waals surface area contributed by atoms with Gasteiger partial charge in [0, 0.05) is 0 Å². The van der Waals surface area contributed by atoms with Gasteiger partial charge in [0.25, 0.3) is 0 Å². The van der Waals surface area contributed by atoms with Crippen LogP contribution in [0, 0.1) is 5.82 Å². The lowest BCUT2D eigenvalue weighted by molar-refractivity contribution is -0.122. The topological polar surface area (TPSA) is 79.6 Å². The van der Waals surface area contributed by atoms with Crippen LogP contribution in [0.25, 0.3) is 10.8 Å². The Morgan fingerprint density at radius 1 is 1.00 bits per heavy atom. The number of sulfonamides is 1. The number of rotatable bonds is 8. The molecule has 0 saturated carbocycles. The molecule has 1 aromatic heterocycles. The van der Waals surface area contributed by atoms with Gasteiger partial charge in [-0.3, -0.25) is 4.79 Å². The van der Waals surface area contributed by atoms with Gasteiger partial charge in [-0.25, -0.2) is 12.8 Å². The first-order valence-electron chi connectivity index (χ1n) is 10.4. The molecule has 0 aliphatic carbocycles. The fourth-order valence-electron chi connectivity index (χ4n) is 3.60. The molecule has 170 valence electrons. The van der Waals surface area contributed by atoms with Crippen LogP contribution in [0.3, 0.4) is 0 Å². The minimum absolute atomic E-state index is 0.207. The Morgan fingerprint density at radius 2 is 1.73 bits per heavy atom. The number of benzene rings is 3. The molecule has 0 aliphatic heterocycles. The second-order valence-electron chi connectivity index (χ2n) is 7.68. The highest BCUT2D eigenvalue weighted by Gasteiger charge is 2.30. The standard InChI is InChI=1S/C25H23FN2O4S/c1-18(20-13-12-19-7-2-3-8-21(19)15-20)27-25(29)17-28(16-22-9-6-14-32-22)33(30,31)24-11-5-4-10-23(24)26/h2-15,18H,16-17H2,1H3,(H,27,29)/t18-/m0/s1. The average molecular weight is 467 g/mol. The van der Waals surface area contributed by atoms with E-state index in [1.54, 1.807) is 12.1 Å². The van der Waals surface area contributed by atoms with Gasteiger partial charge >= 0.3 is 0 Å². The van der Waals surface area contributed by atoms with Gasteiger partial charge in [-0.2, -0.15) is 4.31 Å². The number of hydrogen-bond donors (Lipinski definition) is 1. The Kier molecular flexibility index (Phi) is 6.57. The van der Waals surface area contributed by atoms with Crippen molar-refractivity contribution < 1.29 is 22.0 Å². The summed E-state index contributed by atoms with van der Waals surface area (Å²) in [5.74, 6) is -1.06. The van der Waals surface area contributed by atoms with Crippen LogP contribution in [0.2, 0.25) is 0 Å². The first kappa shape index (κ1) is 22.7. The summed E-state index contributed by atoms with van der Waals surface area (Å²) >= 11 is 0. The number of nitrogens with one attached hydrogen (secondary N) is 1. The highest BCUT2D eigenvalue weighted by atomic mass is 32.2. The molecule has 0 unspecified atom stereocenters. The smallest absolute Gasteiger partial charge is 0.246 e. The van der Waals surface area contributed by atoms with E-state index in [9.17, 15) is 17.6 Å². The molecule has 0 bridgehead atoms. The molecular weight excluding hydrogens is 443 g/mol. The summed E-state index contributed by atoms with van der Waals surface area (Å²) in [4.78, 5) is 12.4. The van der Waals surface area contributed by atoms with Crippen molar-refractivity contribution in [3.05, 3.63) is 102 Å². The molecule has 1 heterocycles.